The molecule has 1 aliphatic heterocycles. The summed E-state index contributed by atoms with van der Waals surface area (Å²) in [4.78, 5) is 28.4. The summed E-state index contributed by atoms with van der Waals surface area (Å²) < 4.78 is 5.48. The largest absolute Gasteiger partial charge is 0.484 e. The highest BCUT2D eigenvalue weighted by atomic mass is 35.5. The van der Waals surface area contributed by atoms with Gasteiger partial charge in [-0.05, 0) is 43.1 Å². The minimum absolute atomic E-state index is 0.0296. The van der Waals surface area contributed by atoms with Crippen LogP contribution in [0.25, 0.3) is 22.6 Å². The van der Waals surface area contributed by atoms with Crippen LogP contribution in [0.4, 0.5) is 5.69 Å². The van der Waals surface area contributed by atoms with Gasteiger partial charge in [-0.1, -0.05) is 11.6 Å². The molecule has 1 amide bonds. The molecule has 11 heteroatoms. The van der Waals surface area contributed by atoms with Crippen LogP contribution >= 0.6 is 22.9 Å². The Morgan fingerprint density at radius 2 is 2.14 bits per heavy atom. The van der Waals surface area contributed by atoms with Crippen LogP contribution in [0, 0.1) is 5.92 Å². The maximum Gasteiger partial charge on any atom is 0.257 e. The number of nitrogens with one attached hydrogen (secondary N) is 4. The molecule has 4 aromatic rings. The molecule has 4 N–H and O–H groups in total. The van der Waals surface area contributed by atoms with Gasteiger partial charge in [-0.15, -0.1) is 11.3 Å². The van der Waals surface area contributed by atoms with Crippen LogP contribution in [0.1, 0.15) is 11.4 Å². The summed E-state index contributed by atoms with van der Waals surface area (Å²) in [5.41, 5.74) is 3.06. The van der Waals surface area contributed by atoms with Gasteiger partial charge < -0.3 is 25.7 Å². The minimum atomic E-state index is -0.183. The zero-order chi connectivity index (χ0) is 24.2. The third-order valence-electron chi connectivity index (χ3n) is 6.11. The fourth-order valence-electron chi connectivity index (χ4n) is 4.23. The topological polar surface area (TPSA) is 117 Å². The Morgan fingerprint density at radius 3 is 2.91 bits per heavy atom. The average molecular weight is 512 g/mol. The summed E-state index contributed by atoms with van der Waals surface area (Å²) in [6.45, 7) is 1.84. The second kappa shape index (κ2) is 10.6. The number of nitrogens with zero attached hydrogens (tertiary/aromatic N) is 3. The standard InChI is InChI=1S/C24H26ClN7O2S/c1-26-19(33)13-34-16-4-2-14(3-5-16)23-31-22-21(17(25)12-29-24(22)32-23)30-18-6-7-27-11-15(18)10-20-28-8-9-35-20/h2-5,8-9,12,15,18,27H,6-7,10-11,13H2,1H3,(H,26,33)(H2,29,30,31,32). The van der Waals surface area contributed by atoms with Gasteiger partial charge in [0.15, 0.2) is 12.3 Å². The summed E-state index contributed by atoms with van der Waals surface area (Å²) in [6, 6.07) is 7.64. The van der Waals surface area contributed by atoms with Crippen molar-refractivity contribution in [1.82, 2.24) is 30.6 Å². The first-order valence-electron chi connectivity index (χ1n) is 11.4. The molecule has 182 valence electrons. The maximum atomic E-state index is 11.4. The molecule has 1 saturated heterocycles. The van der Waals surface area contributed by atoms with Gasteiger partial charge in [0, 0.05) is 43.2 Å². The van der Waals surface area contributed by atoms with Crippen molar-refractivity contribution >= 4 is 45.7 Å². The SMILES string of the molecule is CNC(=O)COc1ccc(-c2nc3ncc(Cl)c(NC4CCNCC4Cc4nccs4)c3[nH]2)cc1. The number of benzene rings is 1. The van der Waals surface area contributed by atoms with E-state index < -0.39 is 0 Å². The number of likely N-dealkylation sites (N-methyl/N-ethyl adjacent to an activating group) is 1. The number of halogens is 1. The van der Waals surface area contributed by atoms with E-state index in [0.717, 1.165) is 47.7 Å². The predicted molar refractivity (Wildman–Crippen MR) is 138 cm³/mol. The van der Waals surface area contributed by atoms with E-state index >= 15 is 0 Å². The lowest BCUT2D eigenvalue weighted by atomic mass is 9.90. The summed E-state index contributed by atoms with van der Waals surface area (Å²) in [6.07, 6.45) is 5.39. The van der Waals surface area contributed by atoms with Gasteiger partial charge in [0.05, 0.1) is 21.9 Å². The van der Waals surface area contributed by atoms with E-state index in [1.807, 2.05) is 35.8 Å². The number of aromatic amines is 1. The van der Waals surface area contributed by atoms with E-state index in [1.165, 1.54) is 0 Å². The molecular formula is C24H26ClN7O2S. The summed E-state index contributed by atoms with van der Waals surface area (Å²) in [7, 11) is 1.58. The Hall–Kier alpha value is -3.21. The Balaban J connectivity index is 1.37. The lowest BCUT2D eigenvalue weighted by Gasteiger charge is -2.33. The number of hydrogen-bond donors (Lipinski definition) is 4. The van der Waals surface area contributed by atoms with Gasteiger partial charge in [0.2, 0.25) is 0 Å². The van der Waals surface area contributed by atoms with E-state index in [2.05, 4.69) is 35.9 Å². The highest BCUT2D eigenvalue weighted by molar-refractivity contribution is 7.09. The molecule has 0 spiro atoms. The van der Waals surface area contributed by atoms with Crippen molar-refractivity contribution in [3.8, 4) is 17.1 Å². The lowest BCUT2D eigenvalue weighted by Crippen LogP contribution is -2.45. The Kier molecular flexibility index (Phi) is 7.12. The van der Waals surface area contributed by atoms with Crippen LogP contribution < -0.4 is 20.7 Å². The van der Waals surface area contributed by atoms with Crippen LogP contribution in [0.15, 0.2) is 42.0 Å². The molecule has 9 nitrogen and oxygen atoms in total. The van der Waals surface area contributed by atoms with Crippen molar-refractivity contribution in [3.63, 3.8) is 0 Å². The Bertz CT molecular complexity index is 1290. The maximum absolute atomic E-state index is 11.4. The molecule has 1 fully saturated rings. The smallest absolute Gasteiger partial charge is 0.257 e. The quantitative estimate of drug-likeness (QED) is 0.286. The zero-order valence-electron chi connectivity index (χ0n) is 19.2. The Morgan fingerprint density at radius 1 is 1.29 bits per heavy atom. The number of H-pyrrole nitrogens is 1. The minimum Gasteiger partial charge on any atom is -0.484 e. The second-order valence-electron chi connectivity index (χ2n) is 8.39. The van der Waals surface area contributed by atoms with Crippen molar-refractivity contribution < 1.29 is 9.53 Å². The van der Waals surface area contributed by atoms with Gasteiger partial charge in [-0.25, -0.2) is 15.0 Å². The number of pyridine rings is 1. The van der Waals surface area contributed by atoms with Crippen molar-refractivity contribution in [1.29, 1.82) is 0 Å². The number of ether oxygens (including phenoxy) is 1. The molecule has 1 aliphatic rings. The van der Waals surface area contributed by atoms with Crippen LogP contribution in [0.3, 0.4) is 0 Å². The summed E-state index contributed by atoms with van der Waals surface area (Å²) >= 11 is 8.30. The first kappa shape index (κ1) is 23.5. The first-order valence-corrected chi connectivity index (χ1v) is 12.7. The first-order chi connectivity index (χ1) is 17.1. The van der Waals surface area contributed by atoms with Crippen molar-refractivity contribution in [3.05, 3.63) is 52.1 Å². The van der Waals surface area contributed by atoms with Crippen molar-refractivity contribution in [2.45, 2.75) is 18.9 Å². The third-order valence-corrected chi connectivity index (χ3v) is 7.20. The number of amides is 1. The van der Waals surface area contributed by atoms with Crippen LogP contribution in [0.2, 0.25) is 5.02 Å². The zero-order valence-corrected chi connectivity index (χ0v) is 20.7. The molecule has 3 aromatic heterocycles. The lowest BCUT2D eigenvalue weighted by molar-refractivity contribution is -0.122. The van der Waals surface area contributed by atoms with E-state index in [0.29, 0.717) is 28.2 Å². The highest BCUT2D eigenvalue weighted by Gasteiger charge is 2.27. The van der Waals surface area contributed by atoms with E-state index in [4.69, 9.17) is 16.3 Å². The molecule has 0 bridgehead atoms. The molecule has 1 aromatic carbocycles. The number of hydrogen-bond acceptors (Lipinski definition) is 8. The number of anilines is 1. The van der Waals surface area contributed by atoms with Gasteiger partial charge in [0.25, 0.3) is 5.91 Å². The fraction of sp³-hybridized carbons (Fsp3) is 0.333. The molecule has 0 saturated carbocycles. The fourth-order valence-corrected chi connectivity index (χ4v) is 5.14. The molecule has 2 unspecified atom stereocenters. The monoisotopic (exact) mass is 511 g/mol. The number of carbonyl (C=O) groups excluding carboxylic acids is 1. The third kappa shape index (κ3) is 5.39. The summed E-state index contributed by atoms with van der Waals surface area (Å²) in [5.74, 6) is 1.49. The van der Waals surface area contributed by atoms with Crippen LogP contribution in [-0.4, -0.2) is 58.6 Å². The Labute approximate surface area is 211 Å². The van der Waals surface area contributed by atoms with E-state index in [1.54, 1.807) is 24.6 Å². The molecule has 0 radical (unpaired) electrons. The number of piperidine rings is 1. The molecule has 2 atom stereocenters. The normalized spacial score (nSPS) is 17.9. The molecule has 4 heterocycles. The van der Waals surface area contributed by atoms with Crippen LogP contribution in [-0.2, 0) is 11.2 Å². The number of fused-ring (bicyclic) bond motifs is 1. The molecule has 35 heavy (non-hydrogen) atoms. The predicted octanol–water partition coefficient (Wildman–Crippen LogP) is 3.49. The molecular weight excluding hydrogens is 486 g/mol. The molecule has 5 rings (SSSR count). The van der Waals surface area contributed by atoms with Crippen molar-refractivity contribution in [2.24, 2.45) is 5.92 Å². The average Bonchev–Trinajstić information content (AvgIpc) is 3.56. The number of aromatic nitrogens is 4. The van der Waals surface area contributed by atoms with Crippen molar-refractivity contribution in [2.75, 3.05) is 32.1 Å². The van der Waals surface area contributed by atoms with Gasteiger partial charge in [-0.2, -0.15) is 0 Å². The number of carbonyl (C=O) groups is 1. The number of thiazole rings is 1. The second-order valence-corrected chi connectivity index (χ2v) is 9.77. The number of rotatable bonds is 8. The molecule has 0 aliphatic carbocycles. The van der Waals surface area contributed by atoms with E-state index in [-0.39, 0.29) is 18.6 Å². The highest BCUT2D eigenvalue weighted by Crippen LogP contribution is 2.33. The van der Waals surface area contributed by atoms with Gasteiger partial charge >= 0.3 is 0 Å². The van der Waals surface area contributed by atoms with Crippen LogP contribution in [0.5, 0.6) is 5.75 Å². The summed E-state index contributed by atoms with van der Waals surface area (Å²) in [5, 5.41) is 13.4. The van der Waals surface area contributed by atoms with E-state index in [9.17, 15) is 4.79 Å². The van der Waals surface area contributed by atoms with Gasteiger partial charge in [-0.3, -0.25) is 4.79 Å². The van der Waals surface area contributed by atoms with Gasteiger partial charge in [0.1, 0.15) is 17.1 Å². The number of imidazole rings is 1.